The van der Waals surface area contributed by atoms with Gasteiger partial charge < -0.3 is 10.1 Å². The minimum absolute atomic E-state index is 0.109. The van der Waals surface area contributed by atoms with E-state index in [-0.39, 0.29) is 24.0 Å². The van der Waals surface area contributed by atoms with Crippen LogP contribution in [0.25, 0.3) is 11.1 Å². The molecule has 2 aromatic carbocycles. The van der Waals surface area contributed by atoms with E-state index >= 15 is 0 Å². The van der Waals surface area contributed by atoms with Crippen molar-refractivity contribution in [3.8, 4) is 11.1 Å². The number of rotatable bonds is 5. The molecule has 1 N–H and O–H groups in total. The molecule has 0 spiro atoms. The highest BCUT2D eigenvalue weighted by Gasteiger charge is 2.35. The van der Waals surface area contributed by atoms with Gasteiger partial charge in [0.05, 0.1) is 7.11 Å². The van der Waals surface area contributed by atoms with Crippen LogP contribution in [-0.4, -0.2) is 55.2 Å². The van der Waals surface area contributed by atoms with Crippen molar-refractivity contribution in [3.05, 3.63) is 78.0 Å². The molecule has 1 fully saturated rings. The third kappa shape index (κ3) is 4.84. The Morgan fingerprint density at radius 1 is 1.14 bits per heavy atom. The lowest BCUT2D eigenvalue weighted by Crippen LogP contribution is -2.47. The molecule has 0 amide bonds. The fourth-order valence-corrected chi connectivity index (χ4v) is 5.32. The smallest absolute Gasteiger partial charge is 0.323 e. The molecule has 0 aliphatic carbocycles. The minimum Gasteiger partial charge on any atom is -0.468 e. The second-order valence-corrected chi connectivity index (χ2v) is 9.34. The van der Waals surface area contributed by atoms with Crippen LogP contribution in [0.15, 0.2) is 82.4 Å². The molecular formula is C29H32N4O2. The summed E-state index contributed by atoms with van der Waals surface area (Å²) in [5.74, 6) is 0.817. The number of aliphatic imine (C=N–C) groups is 2. The van der Waals surface area contributed by atoms with Crippen molar-refractivity contribution in [1.82, 2.24) is 4.90 Å². The van der Waals surface area contributed by atoms with Crippen LogP contribution in [0.2, 0.25) is 0 Å². The van der Waals surface area contributed by atoms with Gasteiger partial charge in [-0.05, 0) is 60.7 Å². The third-order valence-corrected chi connectivity index (χ3v) is 7.24. The summed E-state index contributed by atoms with van der Waals surface area (Å²) < 4.78 is 5.08. The first-order valence-corrected chi connectivity index (χ1v) is 12.4. The number of piperidine rings is 1. The van der Waals surface area contributed by atoms with Crippen LogP contribution in [0.5, 0.6) is 0 Å². The van der Waals surface area contributed by atoms with Crippen molar-refractivity contribution in [2.45, 2.75) is 38.3 Å². The van der Waals surface area contributed by atoms with E-state index in [4.69, 9.17) is 9.73 Å². The Balaban J connectivity index is 1.34. The number of ether oxygens (including phenoxy) is 1. The predicted octanol–water partition coefficient (Wildman–Crippen LogP) is 5.02. The van der Waals surface area contributed by atoms with Crippen LogP contribution in [0.1, 0.15) is 24.8 Å². The van der Waals surface area contributed by atoms with E-state index in [9.17, 15) is 4.79 Å². The number of nitrogens with one attached hydrogen (secondary N) is 1. The molecule has 3 aliphatic rings. The van der Waals surface area contributed by atoms with Gasteiger partial charge in [-0.1, -0.05) is 55.0 Å². The summed E-state index contributed by atoms with van der Waals surface area (Å²) in [6.07, 6.45) is 11.0. The molecule has 180 valence electrons. The summed E-state index contributed by atoms with van der Waals surface area (Å²) in [7, 11) is 1.48. The summed E-state index contributed by atoms with van der Waals surface area (Å²) in [6, 6.07) is 16.5. The van der Waals surface area contributed by atoms with Gasteiger partial charge in [-0.25, -0.2) is 4.99 Å². The quantitative estimate of drug-likeness (QED) is 0.626. The number of benzene rings is 2. The van der Waals surface area contributed by atoms with Gasteiger partial charge in [0, 0.05) is 30.6 Å². The van der Waals surface area contributed by atoms with Gasteiger partial charge in [-0.2, -0.15) is 0 Å². The van der Waals surface area contributed by atoms with Crippen LogP contribution in [0, 0.1) is 12.8 Å². The first-order valence-electron chi connectivity index (χ1n) is 12.4. The number of amidine groups is 1. The largest absolute Gasteiger partial charge is 0.468 e. The second-order valence-electron chi connectivity index (χ2n) is 9.34. The highest BCUT2D eigenvalue weighted by atomic mass is 16.5. The summed E-state index contributed by atoms with van der Waals surface area (Å²) in [5.41, 5.74) is 5.86. The van der Waals surface area contributed by atoms with Crippen molar-refractivity contribution < 1.29 is 9.53 Å². The molecule has 6 nitrogen and oxygen atoms in total. The van der Waals surface area contributed by atoms with Crippen LogP contribution in [-0.2, 0) is 9.53 Å². The van der Waals surface area contributed by atoms with Gasteiger partial charge in [0.2, 0.25) is 0 Å². The zero-order chi connectivity index (χ0) is 24.2. The van der Waals surface area contributed by atoms with Crippen LogP contribution in [0.3, 0.4) is 0 Å². The third-order valence-electron chi connectivity index (χ3n) is 7.24. The van der Waals surface area contributed by atoms with Crippen LogP contribution in [0.4, 0.5) is 5.69 Å². The predicted molar refractivity (Wildman–Crippen MR) is 142 cm³/mol. The number of anilines is 1. The Labute approximate surface area is 207 Å². The topological polar surface area (TPSA) is 66.3 Å². The van der Waals surface area contributed by atoms with Crippen LogP contribution >= 0.6 is 0 Å². The lowest BCUT2D eigenvalue weighted by atomic mass is 9.86. The molecule has 3 aliphatic heterocycles. The van der Waals surface area contributed by atoms with Crippen molar-refractivity contribution in [3.63, 3.8) is 0 Å². The number of hydrogen-bond acceptors (Lipinski definition) is 6. The zero-order valence-corrected chi connectivity index (χ0v) is 20.4. The molecule has 3 unspecified atom stereocenters. The number of methoxy groups -OCH3 is 1. The summed E-state index contributed by atoms with van der Waals surface area (Å²) in [5, 5.41) is 3.59. The van der Waals surface area contributed by atoms with E-state index in [1.165, 1.54) is 29.4 Å². The van der Waals surface area contributed by atoms with E-state index in [0.29, 0.717) is 0 Å². The van der Waals surface area contributed by atoms with Crippen molar-refractivity contribution in [1.29, 1.82) is 0 Å². The number of fused-ring (bicyclic) bond motifs is 1. The van der Waals surface area contributed by atoms with E-state index in [2.05, 4.69) is 76.7 Å². The number of carbonyl (C=O) groups excluding carboxylic acids is 1. The van der Waals surface area contributed by atoms with Crippen molar-refractivity contribution in [2.75, 3.05) is 25.5 Å². The number of likely N-dealkylation sites (tertiary alicyclic amines) is 1. The Kier molecular flexibility index (Phi) is 6.91. The molecule has 0 saturated carbocycles. The van der Waals surface area contributed by atoms with Crippen molar-refractivity contribution >= 4 is 23.7 Å². The van der Waals surface area contributed by atoms with Crippen molar-refractivity contribution in [2.24, 2.45) is 15.9 Å². The van der Waals surface area contributed by atoms with Gasteiger partial charge in [0.1, 0.15) is 17.9 Å². The first-order chi connectivity index (χ1) is 17.2. The molecule has 0 aromatic heterocycles. The van der Waals surface area contributed by atoms with Gasteiger partial charge in [0.15, 0.2) is 0 Å². The number of nitrogens with zero attached hydrogens (tertiary/aromatic N) is 3. The summed E-state index contributed by atoms with van der Waals surface area (Å²) in [4.78, 5) is 24.1. The number of carbonyl (C=O) groups is 1. The Hall–Kier alpha value is -3.51. The number of dihydropyridines is 1. The number of hydrogen-bond donors (Lipinski definition) is 1. The van der Waals surface area contributed by atoms with Crippen LogP contribution < -0.4 is 5.32 Å². The fourth-order valence-electron chi connectivity index (χ4n) is 5.32. The molecule has 6 heteroatoms. The lowest BCUT2D eigenvalue weighted by molar-refractivity contribution is -0.148. The maximum absolute atomic E-state index is 12.4. The zero-order valence-electron chi connectivity index (χ0n) is 20.4. The SMILES string of the molecule is COC(=O)C1CCCCN1CC1=CC=NC2C(Nc3cccc(-c4ccccc4)c3C)=NC=CC12. The molecule has 0 radical (unpaired) electrons. The summed E-state index contributed by atoms with van der Waals surface area (Å²) >= 11 is 0. The molecule has 5 rings (SSSR count). The Morgan fingerprint density at radius 2 is 2.00 bits per heavy atom. The Bertz CT molecular complexity index is 1200. The maximum atomic E-state index is 12.4. The molecule has 3 atom stereocenters. The molecule has 1 saturated heterocycles. The average molecular weight is 469 g/mol. The molecule has 0 bridgehead atoms. The first kappa shape index (κ1) is 23.2. The molecular weight excluding hydrogens is 436 g/mol. The molecule has 35 heavy (non-hydrogen) atoms. The summed E-state index contributed by atoms with van der Waals surface area (Å²) in [6.45, 7) is 3.77. The highest BCUT2D eigenvalue weighted by molar-refractivity contribution is 6.03. The van der Waals surface area contributed by atoms with E-state index in [1.54, 1.807) is 0 Å². The fraction of sp³-hybridized carbons (Fsp3) is 0.345. The van der Waals surface area contributed by atoms with E-state index in [1.807, 2.05) is 18.5 Å². The average Bonchev–Trinajstić information content (AvgIpc) is 2.91. The van der Waals surface area contributed by atoms with Gasteiger partial charge in [-0.3, -0.25) is 14.7 Å². The van der Waals surface area contributed by atoms with Gasteiger partial charge in [-0.15, -0.1) is 0 Å². The number of allylic oxidation sites excluding steroid dienone is 1. The minimum atomic E-state index is -0.172. The van der Waals surface area contributed by atoms with E-state index in [0.717, 1.165) is 43.9 Å². The molecule has 3 heterocycles. The van der Waals surface area contributed by atoms with Gasteiger partial charge >= 0.3 is 5.97 Å². The highest BCUT2D eigenvalue weighted by Crippen LogP contribution is 2.32. The maximum Gasteiger partial charge on any atom is 0.323 e. The molecule has 2 aromatic rings. The monoisotopic (exact) mass is 468 g/mol. The standard InChI is InChI=1S/C29H32N4O2/c1-20-23(21-9-4-3-5-10-21)11-8-12-25(20)32-28-27-24(15-17-31-28)22(14-16-30-27)19-33-18-7-6-13-26(33)29(34)35-2/h3-5,8-12,14-17,24,26-27H,6-7,13,18-19H2,1-2H3,(H,31,32). The number of esters is 1. The lowest BCUT2D eigenvalue weighted by Gasteiger charge is -2.37. The van der Waals surface area contributed by atoms with Gasteiger partial charge in [0.25, 0.3) is 0 Å². The van der Waals surface area contributed by atoms with E-state index < -0.39 is 0 Å². The second kappa shape index (κ2) is 10.4. The Morgan fingerprint density at radius 3 is 2.83 bits per heavy atom. The normalized spacial score (nSPS) is 23.8.